The Morgan fingerprint density at radius 3 is 2.42 bits per heavy atom. The number of nitrogens with zero attached hydrogens (tertiary/aromatic N) is 3. The quantitative estimate of drug-likeness (QED) is 0.283. The van der Waals surface area contributed by atoms with Crippen molar-refractivity contribution < 1.29 is 4.79 Å². The lowest BCUT2D eigenvalue weighted by atomic mass is 9.93. The first-order chi connectivity index (χ1) is 18.5. The van der Waals surface area contributed by atoms with Crippen molar-refractivity contribution in [2.75, 3.05) is 48.3 Å². The van der Waals surface area contributed by atoms with Crippen LogP contribution in [0, 0.1) is 5.92 Å². The third kappa shape index (κ3) is 7.96. The fraction of sp³-hybridized carbons (Fsp3) is 0.419. The summed E-state index contributed by atoms with van der Waals surface area (Å²) >= 11 is 0. The van der Waals surface area contributed by atoms with Gasteiger partial charge in [-0.1, -0.05) is 44.2 Å². The maximum Gasteiger partial charge on any atom is 0.221 e. The molecule has 1 aliphatic heterocycles. The molecule has 0 atom stereocenters. The van der Waals surface area contributed by atoms with Crippen LogP contribution in [0.4, 0.5) is 22.9 Å². The van der Waals surface area contributed by atoms with Gasteiger partial charge in [0.05, 0.1) is 6.42 Å². The molecule has 38 heavy (non-hydrogen) atoms. The van der Waals surface area contributed by atoms with Gasteiger partial charge in [0.1, 0.15) is 5.82 Å². The molecule has 1 amide bonds. The molecule has 0 spiro atoms. The number of piperidine rings is 1. The number of benzene rings is 2. The van der Waals surface area contributed by atoms with E-state index in [-0.39, 0.29) is 12.3 Å². The van der Waals surface area contributed by atoms with Crippen molar-refractivity contribution in [1.29, 1.82) is 0 Å². The molecule has 0 radical (unpaired) electrons. The number of anilines is 4. The van der Waals surface area contributed by atoms with Crippen LogP contribution in [0.2, 0.25) is 0 Å². The second kappa shape index (κ2) is 13.8. The van der Waals surface area contributed by atoms with E-state index in [1.807, 2.05) is 24.3 Å². The van der Waals surface area contributed by atoms with Crippen molar-refractivity contribution in [1.82, 2.24) is 9.88 Å². The van der Waals surface area contributed by atoms with Gasteiger partial charge in [0.2, 0.25) is 5.91 Å². The molecule has 1 aliphatic rings. The number of nitrogens with one attached hydrogen (secondary N) is 2. The van der Waals surface area contributed by atoms with Gasteiger partial charge in [-0.25, -0.2) is 4.98 Å². The van der Waals surface area contributed by atoms with E-state index in [1.54, 1.807) is 6.20 Å². The predicted molar refractivity (Wildman–Crippen MR) is 158 cm³/mol. The molecular weight excluding hydrogens is 472 g/mol. The third-order valence-corrected chi connectivity index (χ3v) is 7.54. The Hall–Kier alpha value is -3.58. The smallest absolute Gasteiger partial charge is 0.221 e. The number of rotatable bonds is 13. The summed E-state index contributed by atoms with van der Waals surface area (Å²) in [4.78, 5) is 21.1. The highest BCUT2D eigenvalue weighted by molar-refractivity contribution is 5.79. The molecule has 0 aliphatic carbocycles. The predicted octanol–water partition coefficient (Wildman–Crippen LogP) is 5.41. The molecule has 2 heterocycles. The Bertz CT molecular complexity index is 1140. The summed E-state index contributed by atoms with van der Waals surface area (Å²) in [5.74, 6) is 1.18. The Balaban J connectivity index is 1.34. The number of amides is 1. The van der Waals surface area contributed by atoms with Crippen LogP contribution in [0.25, 0.3) is 0 Å². The van der Waals surface area contributed by atoms with E-state index in [4.69, 9.17) is 5.73 Å². The zero-order valence-electron chi connectivity index (χ0n) is 22.8. The van der Waals surface area contributed by atoms with E-state index in [9.17, 15) is 4.79 Å². The molecular formula is C31H42N6O. The van der Waals surface area contributed by atoms with Crippen LogP contribution < -0.4 is 21.3 Å². The van der Waals surface area contributed by atoms with E-state index in [0.29, 0.717) is 6.54 Å². The lowest BCUT2D eigenvalue weighted by Crippen LogP contribution is -2.35. The number of hydrogen-bond acceptors (Lipinski definition) is 6. The number of hydrogen-bond donors (Lipinski definition) is 3. The number of nitrogens with two attached hydrogens (primary N) is 1. The van der Waals surface area contributed by atoms with Crippen LogP contribution in [-0.4, -0.2) is 48.5 Å². The molecule has 1 aromatic heterocycles. The van der Waals surface area contributed by atoms with Gasteiger partial charge in [0.15, 0.2) is 0 Å². The van der Waals surface area contributed by atoms with Crippen LogP contribution in [0.1, 0.15) is 44.2 Å². The van der Waals surface area contributed by atoms with Gasteiger partial charge in [0.25, 0.3) is 0 Å². The van der Waals surface area contributed by atoms with Crippen LogP contribution in [0.15, 0.2) is 66.9 Å². The molecule has 7 heteroatoms. The summed E-state index contributed by atoms with van der Waals surface area (Å²) in [6, 6.07) is 20.7. The molecule has 0 unspecified atom stereocenters. The van der Waals surface area contributed by atoms with Gasteiger partial charge in [-0.05, 0) is 74.6 Å². The van der Waals surface area contributed by atoms with Crippen LogP contribution in [0.3, 0.4) is 0 Å². The number of carbonyl (C=O) groups excluding carboxylic acids is 1. The zero-order valence-corrected chi connectivity index (χ0v) is 22.8. The van der Waals surface area contributed by atoms with Crippen LogP contribution in [-0.2, 0) is 17.8 Å². The molecule has 7 nitrogen and oxygen atoms in total. The lowest BCUT2D eigenvalue weighted by molar-refractivity contribution is -0.117. The molecule has 4 N–H and O–H groups in total. The second-order valence-electron chi connectivity index (χ2n) is 10.1. The highest BCUT2D eigenvalue weighted by Crippen LogP contribution is 2.28. The standard InChI is InChI=1S/C31H42N6O/c1-3-36(4-2)17-14-24-15-18-37(19-16-24)28-12-10-27(11-13-28)35-31-21-29(26(23-34-31)20-30(32)38)33-22-25-8-6-5-7-9-25/h5-13,21,23-24H,3-4,14-20,22H2,1-2H3,(H2,32,38)(H2,33,34,35). The first kappa shape index (κ1) is 27.5. The van der Waals surface area contributed by atoms with Gasteiger partial charge in [0, 0.05) is 54.5 Å². The SMILES string of the molecule is CCN(CC)CCC1CCN(c2ccc(Nc3cc(NCc4ccccc4)c(CC(N)=O)cn3)cc2)CC1. The summed E-state index contributed by atoms with van der Waals surface area (Å²) in [6.45, 7) is 10.9. The average Bonchev–Trinajstić information content (AvgIpc) is 2.95. The number of pyridine rings is 1. The average molecular weight is 515 g/mol. The summed E-state index contributed by atoms with van der Waals surface area (Å²) < 4.78 is 0. The summed E-state index contributed by atoms with van der Waals surface area (Å²) in [6.07, 6.45) is 5.71. The topological polar surface area (TPSA) is 86.5 Å². The van der Waals surface area contributed by atoms with Crippen molar-refractivity contribution in [3.63, 3.8) is 0 Å². The number of carbonyl (C=O) groups is 1. The van der Waals surface area contributed by atoms with Crippen LogP contribution >= 0.6 is 0 Å². The fourth-order valence-corrected chi connectivity index (χ4v) is 5.13. The van der Waals surface area contributed by atoms with Crippen molar-refractivity contribution in [2.45, 2.75) is 46.1 Å². The summed E-state index contributed by atoms with van der Waals surface area (Å²) in [5.41, 5.74) is 10.5. The normalized spacial score (nSPS) is 14.0. The molecule has 1 fully saturated rings. The number of aromatic nitrogens is 1. The van der Waals surface area contributed by atoms with Crippen molar-refractivity contribution in [3.05, 3.63) is 78.0 Å². The van der Waals surface area contributed by atoms with Crippen molar-refractivity contribution >= 4 is 28.8 Å². The van der Waals surface area contributed by atoms with E-state index in [0.717, 1.165) is 60.4 Å². The summed E-state index contributed by atoms with van der Waals surface area (Å²) in [5, 5.41) is 6.85. The minimum Gasteiger partial charge on any atom is -0.381 e. The molecule has 0 bridgehead atoms. The fourth-order valence-electron chi connectivity index (χ4n) is 5.13. The van der Waals surface area contributed by atoms with E-state index in [2.05, 4.69) is 75.7 Å². The maximum atomic E-state index is 11.6. The molecule has 3 aromatic rings. The number of primary amides is 1. The lowest BCUT2D eigenvalue weighted by Gasteiger charge is -2.34. The first-order valence-electron chi connectivity index (χ1n) is 13.9. The molecule has 0 saturated carbocycles. The highest BCUT2D eigenvalue weighted by atomic mass is 16.1. The Kier molecular flexibility index (Phi) is 9.98. The highest BCUT2D eigenvalue weighted by Gasteiger charge is 2.20. The van der Waals surface area contributed by atoms with Gasteiger partial charge in [-0.2, -0.15) is 0 Å². The van der Waals surface area contributed by atoms with Gasteiger partial charge in [-0.3, -0.25) is 4.79 Å². The van der Waals surface area contributed by atoms with E-state index >= 15 is 0 Å². The first-order valence-corrected chi connectivity index (χ1v) is 13.9. The van der Waals surface area contributed by atoms with Gasteiger partial charge >= 0.3 is 0 Å². The minimum atomic E-state index is -0.376. The molecule has 1 saturated heterocycles. The van der Waals surface area contributed by atoms with E-state index < -0.39 is 0 Å². The Morgan fingerprint density at radius 1 is 1.05 bits per heavy atom. The zero-order chi connectivity index (χ0) is 26.7. The minimum absolute atomic E-state index is 0.144. The largest absolute Gasteiger partial charge is 0.381 e. The third-order valence-electron chi connectivity index (χ3n) is 7.54. The molecule has 202 valence electrons. The van der Waals surface area contributed by atoms with Crippen molar-refractivity contribution in [2.24, 2.45) is 11.7 Å². The van der Waals surface area contributed by atoms with E-state index in [1.165, 1.54) is 31.5 Å². The van der Waals surface area contributed by atoms with Gasteiger partial charge in [-0.15, -0.1) is 0 Å². The Morgan fingerprint density at radius 2 is 1.76 bits per heavy atom. The molecule has 4 rings (SSSR count). The van der Waals surface area contributed by atoms with Gasteiger partial charge < -0.3 is 26.2 Å². The monoisotopic (exact) mass is 514 g/mol. The molecule has 2 aromatic carbocycles. The maximum absolute atomic E-state index is 11.6. The van der Waals surface area contributed by atoms with Crippen molar-refractivity contribution in [3.8, 4) is 0 Å². The Labute approximate surface area is 227 Å². The van der Waals surface area contributed by atoms with Crippen LogP contribution in [0.5, 0.6) is 0 Å². The second-order valence-corrected chi connectivity index (χ2v) is 10.1. The summed E-state index contributed by atoms with van der Waals surface area (Å²) in [7, 11) is 0.